The second-order valence-corrected chi connectivity index (χ2v) is 6.00. The molecule has 114 valence electrons. The molecular formula is C16H13Cl2NO3. The van der Waals surface area contributed by atoms with Crippen LogP contribution in [0.25, 0.3) is 11.1 Å². The fourth-order valence-electron chi connectivity index (χ4n) is 2.82. The van der Waals surface area contributed by atoms with Crippen LogP contribution in [0.5, 0.6) is 0 Å². The molecule has 22 heavy (non-hydrogen) atoms. The van der Waals surface area contributed by atoms with Gasteiger partial charge >= 0.3 is 5.97 Å². The van der Waals surface area contributed by atoms with Crippen molar-refractivity contribution in [2.75, 3.05) is 7.11 Å². The normalized spacial score (nSPS) is 13.0. The summed E-state index contributed by atoms with van der Waals surface area (Å²) < 4.78 is 6.47. The monoisotopic (exact) mass is 337 g/mol. The van der Waals surface area contributed by atoms with Gasteiger partial charge in [-0.15, -0.1) is 0 Å². The van der Waals surface area contributed by atoms with Crippen LogP contribution in [0, 0.1) is 0 Å². The van der Waals surface area contributed by atoms with Crippen LogP contribution in [0.15, 0.2) is 29.1 Å². The highest BCUT2D eigenvalue weighted by Gasteiger charge is 2.24. The molecule has 0 saturated carbocycles. The first-order valence-corrected chi connectivity index (χ1v) is 7.58. The molecule has 0 spiro atoms. The Hall–Kier alpha value is -1.78. The Morgan fingerprint density at radius 1 is 1.18 bits per heavy atom. The van der Waals surface area contributed by atoms with E-state index in [2.05, 4.69) is 0 Å². The average Bonchev–Trinajstić information content (AvgIpc) is 2.96. The standard InChI is InChI=1S/C16H13Cl2NO3/c1-22-16(21)13-8-12(9-5-10(17)7-11(18)6-9)15(20)19-4-2-3-14(13)19/h5-8H,2-4H2,1H3. The molecule has 1 aliphatic rings. The lowest BCUT2D eigenvalue weighted by Crippen LogP contribution is -2.24. The second kappa shape index (κ2) is 5.78. The van der Waals surface area contributed by atoms with Crippen LogP contribution in [-0.2, 0) is 17.7 Å². The predicted molar refractivity (Wildman–Crippen MR) is 85.8 cm³/mol. The minimum absolute atomic E-state index is 0.140. The van der Waals surface area contributed by atoms with Crippen LogP contribution < -0.4 is 5.56 Å². The summed E-state index contributed by atoms with van der Waals surface area (Å²) in [5.74, 6) is -0.444. The number of hydrogen-bond acceptors (Lipinski definition) is 3. The maximum Gasteiger partial charge on any atom is 0.339 e. The number of fused-ring (bicyclic) bond motifs is 1. The average molecular weight is 338 g/mol. The third-order valence-electron chi connectivity index (χ3n) is 3.78. The first-order valence-electron chi connectivity index (χ1n) is 6.82. The highest BCUT2D eigenvalue weighted by Crippen LogP contribution is 2.28. The van der Waals surface area contributed by atoms with E-state index >= 15 is 0 Å². The Bertz CT molecular complexity index is 807. The van der Waals surface area contributed by atoms with Gasteiger partial charge in [-0.25, -0.2) is 4.79 Å². The molecular weight excluding hydrogens is 325 g/mol. The fraction of sp³-hybridized carbons (Fsp3) is 0.250. The highest BCUT2D eigenvalue weighted by molar-refractivity contribution is 6.35. The molecule has 0 amide bonds. The zero-order chi connectivity index (χ0) is 15.9. The number of halogens is 2. The molecule has 0 unspecified atom stereocenters. The zero-order valence-corrected chi connectivity index (χ0v) is 13.4. The van der Waals surface area contributed by atoms with E-state index in [1.165, 1.54) is 7.11 Å². The summed E-state index contributed by atoms with van der Waals surface area (Å²) >= 11 is 12.0. The van der Waals surface area contributed by atoms with Gasteiger partial charge in [0.15, 0.2) is 0 Å². The third kappa shape index (κ3) is 2.53. The molecule has 0 radical (unpaired) electrons. The van der Waals surface area contributed by atoms with Crippen molar-refractivity contribution in [2.45, 2.75) is 19.4 Å². The minimum atomic E-state index is -0.444. The number of nitrogens with zero attached hydrogens (tertiary/aromatic N) is 1. The summed E-state index contributed by atoms with van der Waals surface area (Å²) in [6.07, 6.45) is 1.52. The van der Waals surface area contributed by atoms with E-state index in [9.17, 15) is 9.59 Å². The van der Waals surface area contributed by atoms with Gasteiger partial charge in [0.05, 0.1) is 12.7 Å². The highest BCUT2D eigenvalue weighted by atomic mass is 35.5. The van der Waals surface area contributed by atoms with E-state index in [0.29, 0.717) is 39.7 Å². The summed E-state index contributed by atoms with van der Waals surface area (Å²) in [7, 11) is 1.33. The second-order valence-electron chi connectivity index (χ2n) is 5.13. The van der Waals surface area contributed by atoms with Crippen molar-refractivity contribution in [3.8, 4) is 11.1 Å². The summed E-state index contributed by atoms with van der Waals surface area (Å²) in [6.45, 7) is 0.598. The van der Waals surface area contributed by atoms with E-state index in [-0.39, 0.29) is 5.56 Å². The van der Waals surface area contributed by atoms with Crippen molar-refractivity contribution in [2.24, 2.45) is 0 Å². The van der Waals surface area contributed by atoms with Gasteiger partial charge in [-0.2, -0.15) is 0 Å². The number of methoxy groups -OCH3 is 1. The Balaban J connectivity index is 2.28. The maximum atomic E-state index is 12.7. The number of pyridine rings is 1. The van der Waals surface area contributed by atoms with E-state index in [1.807, 2.05) is 0 Å². The van der Waals surface area contributed by atoms with Crippen molar-refractivity contribution in [1.82, 2.24) is 4.57 Å². The molecule has 2 heterocycles. The summed E-state index contributed by atoms with van der Waals surface area (Å²) in [6, 6.07) is 6.49. The topological polar surface area (TPSA) is 48.3 Å². The zero-order valence-electron chi connectivity index (χ0n) is 11.9. The van der Waals surface area contributed by atoms with Crippen molar-refractivity contribution in [1.29, 1.82) is 0 Å². The number of aromatic nitrogens is 1. The molecule has 2 aromatic rings. The molecule has 4 nitrogen and oxygen atoms in total. The number of carbonyl (C=O) groups is 1. The smallest absolute Gasteiger partial charge is 0.339 e. The van der Waals surface area contributed by atoms with E-state index in [1.54, 1.807) is 28.8 Å². The van der Waals surface area contributed by atoms with Crippen molar-refractivity contribution in [3.63, 3.8) is 0 Å². The van der Waals surface area contributed by atoms with Crippen LogP contribution in [-0.4, -0.2) is 17.6 Å². The van der Waals surface area contributed by atoms with E-state index < -0.39 is 5.97 Å². The van der Waals surface area contributed by atoms with Crippen LogP contribution in [0.3, 0.4) is 0 Å². The van der Waals surface area contributed by atoms with Crippen LogP contribution in [0.4, 0.5) is 0 Å². The van der Waals surface area contributed by atoms with Crippen molar-refractivity contribution < 1.29 is 9.53 Å². The van der Waals surface area contributed by atoms with Gasteiger partial charge in [-0.05, 0) is 42.7 Å². The van der Waals surface area contributed by atoms with Gasteiger partial charge in [0.1, 0.15) is 0 Å². The lowest BCUT2D eigenvalue weighted by atomic mass is 10.0. The largest absolute Gasteiger partial charge is 0.465 e. The van der Waals surface area contributed by atoms with Crippen LogP contribution in [0.2, 0.25) is 10.0 Å². The maximum absolute atomic E-state index is 12.7. The van der Waals surface area contributed by atoms with Crippen molar-refractivity contribution >= 4 is 29.2 Å². The predicted octanol–water partition coefficient (Wildman–Crippen LogP) is 3.55. The Morgan fingerprint density at radius 3 is 2.50 bits per heavy atom. The Labute approximate surface area is 137 Å². The van der Waals surface area contributed by atoms with E-state index in [0.717, 1.165) is 12.1 Å². The number of ether oxygens (including phenoxy) is 1. The van der Waals surface area contributed by atoms with Gasteiger partial charge in [-0.1, -0.05) is 23.2 Å². The SMILES string of the molecule is COC(=O)c1cc(-c2cc(Cl)cc(Cl)c2)c(=O)n2c1CCC2. The Morgan fingerprint density at radius 2 is 1.86 bits per heavy atom. The summed E-state index contributed by atoms with van der Waals surface area (Å²) in [5, 5.41) is 0.874. The van der Waals surface area contributed by atoms with Crippen LogP contribution >= 0.6 is 23.2 Å². The Kier molecular flexibility index (Phi) is 3.98. The molecule has 0 aliphatic carbocycles. The van der Waals surface area contributed by atoms with Gasteiger partial charge in [0, 0.05) is 27.8 Å². The number of esters is 1. The van der Waals surface area contributed by atoms with Crippen molar-refractivity contribution in [3.05, 3.63) is 55.9 Å². The minimum Gasteiger partial charge on any atom is -0.465 e. The first-order chi connectivity index (χ1) is 10.5. The molecule has 0 atom stereocenters. The summed E-state index contributed by atoms with van der Waals surface area (Å²) in [4.78, 5) is 24.7. The molecule has 0 saturated heterocycles. The lowest BCUT2D eigenvalue weighted by molar-refractivity contribution is 0.0598. The summed E-state index contributed by atoms with van der Waals surface area (Å²) in [5.41, 5.74) is 2.00. The molecule has 0 N–H and O–H groups in total. The molecule has 6 heteroatoms. The molecule has 1 aromatic heterocycles. The molecule has 1 aliphatic heterocycles. The molecule has 0 fully saturated rings. The third-order valence-corrected chi connectivity index (χ3v) is 4.21. The number of rotatable bonds is 2. The van der Waals surface area contributed by atoms with Gasteiger partial charge in [-0.3, -0.25) is 4.79 Å². The first kappa shape index (κ1) is 15.1. The van der Waals surface area contributed by atoms with E-state index in [4.69, 9.17) is 27.9 Å². The van der Waals surface area contributed by atoms with Gasteiger partial charge in [0.25, 0.3) is 5.56 Å². The quantitative estimate of drug-likeness (QED) is 0.787. The van der Waals surface area contributed by atoms with Gasteiger partial charge in [0.2, 0.25) is 0 Å². The number of hydrogen-bond donors (Lipinski definition) is 0. The number of carbonyl (C=O) groups excluding carboxylic acids is 1. The molecule has 1 aromatic carbocycles. The van der Waals surface area contributed by atoms with Gasteiger partial charge < -0.3 is 9.30 Å². The lowest BCUT2D eigenvalue weighted by Gasteiger charge is -2.12. The fourth-order valence-corrected chi connectivity index (χ4v) is 3.34. The van der Waals surface area contributed by atoms with Crippen LogP contribution in [0.1, 0.15) is 22.5 Å². The number of benzene rings is 1. The molecule has 3 rings (SSSR count). The molecule has 0 bridgehead atoms.